The Balaban J connectivity index is 1.30. The summed E-state index contributed by atoms with van der Waals surface area (Å²) in [6.45, 7) is 3.32. The third-order valence-corrected chi connectivity index (χ3v) is 4.42. The van der Waals surface area contributed by atoms with Crippen molar-refractivity contribution < 1.29 is 9.57 Å². The van der Waals surface area contributed by atoms with Gasteiger partial charge in [-0.1, -0.05) is 24.3 Å². The number of aryl methyl sites for hydroxylation is 1. The molecular formula is C22H22N4O2. The summed E-state index contributed by atoms with van der Waals surface area (Å²) < 4.78 is 5.66. The highest BCUT2D eigenvalue weighted by Gasteiger charge is 2.06. The lowest BCUT2D eigenvalue weighted by Gasteiger charge is -2.09. The Labute approximate surface area is 163 Å². The molecule has 4 aromatic rings. The summed E-state index contributed by atoms with van der Waals surface area (Å²) in [5.41, 5.74) is 7.05. The van der Waals surface area contributed by atoms with E-state index in [4.69, 9.17) is 9.57 Å². The normalized spacial score (nSPS) is 10.9. The first-order valence-corrected chi connectivity index (χ1v) is 9.27. The van der Waals surface area contributed by atoms with Crippen LogP contribution in [0.1, 0.15) is 12.1 Å². The molecule has 0 aliphatic carbocycles. The molecule has 2 aromatic heterocycles. The van der Waals surface area contributed by atoms with Gasteiger partial charge in [-0.15, -0.1) is 0 Å². The van der Waals surface area contributed by atoms with E-state index in [-0.39, 0.29) is 0 Å². The van der Waals surface area contributed by atoms with Crippen LogP contribution in [-0.2, 0) is 0 Å². The van der Waals surface area contributed by atoms with Crippen molar-refractivity contribution in [1.29, 1.82) is 0 Å². The molecule has 28 heavy (non-hydrogen) atoms. The fraction of sp³-hybridized carbons (Fsp3) is 0.182. The molecule has 142 valence electrons. The maximum absolute atomic E-state index is 5.66. The van der Waals surface area contributed by atoms with E-state index in [1.165, 1.54) is 0 Å². The number of nitrogens with one attached hydrogen (secondary N) is 2. The number of para-hydroxylation sites is 1. The third kappa shape index (κ3) is 4.29. The van der Waals surface area contributed by atoms with Gasteiger partial charge in [0.05, 0.1) is 18.3 Å². The van der Waals surface area contributed by atoms with Crippen LogP contribution in [0.15, 0.2) is 67.0 Å². The average molecular weight is 374 g/mol. The molecule has 0 atom stereocenters. The number of fused-ring (bicyclic) bond motifs is 1. The van der Waals surface area contributed by atoms with E-state index in [1.54, 1.807) is 6.20 Å². The quantitative estimate of drug-likeness (QED) is 0.356. The Kier molecular flexibility index (Phi) is 5.49. The molecule has 0 saturated carbocycles. The summed E-state index contributed by atoms with van der Waals surface area (Å²) in [6, 6.07) is 17.9. The lowest BCUT2D eigenvalue weighted by Crippen LogP contribution is -2.21. The summed E-state index contributed by atoms with van der Waals surface area (Å²) in [5, 5.41) is 8.39. The van der Waals surface area contributed by atoms with E-state index >= 15 is 0 Å². The minimum Gasteiger partial charge on any atom is -0.494 e. The molecule has 4 rings (SSSR count). The highest BCUT2D eigenvalue weighted by molar-refractivity contribution is 5.86. The highest BCUT2D eigenvalue weighted by atomic mass is 16.6. The number of hydrogen-bond donors (Lipinski definition) is 2. The molecule has 0 radical (unpaired) electrons. The van der Waals surface area contributed by atoms with Gasteiger partial charge in [0.1, 0.15) is 5.75 Å². The Hall–Kier alpha value is -3.38. The van der Waals surface area contributed by atoms with Crippen molar-refractivity contribution in [2.24, 2.45) is 0 Å². The smallest absolute Gasteiger partial charge is 0.166 e. The fourth-order valence-corrected chi connectivity index (χ4v) is 2.94. The van der Waals surface area contributed by atoms with Gasteiger partial charge in [0.2, 0.25) is 0 Å². The number of aromatic amines is 1. The van der Waals surface area contributed by atoms with Gasteiger partial charge in [-0.3, -0.25) is 10.1 Å². The molecule has 0 saturated heterocycles. The third-order valence-electron chi connectivity index (χ3n) is 4.42. The van der Waals surface area contributed by atoms with Crippen LogP contribution >= 0.6 is 0 Å². The lowest BCUT2D eigenvalue weighted by atomic mass is 10.0. The second-order valence-electron chi connectivity index (χ2n) is 6.50. The standard InChI is InChI=1S/C22H22N4O2/c1-16-21-13-17(8-9-22(21)26-25-16)18-12-20(15-23-14-18)28-24-10-5-11-27-19-6-3-2-4-7-19/h2-4,6-9,12-15,24H,5,10-11H2,1H3,(H,25,26). The lowest BCUT2D eigenvalue weighted by molar-refractivity contribution is 0.183. The van der Waals surface area contributed by atoms with E-state index < -0.39 is 0 Å². The molecule has 6 heteroatoms. The second-order valence-corrected chi connectivity index (χ2v) is 6.50. The Bertz CT molecular complexity index is 1050. The van der Waals surface area contributed by atoms with Gasteiger partial charge >= 0.3 is 0 Å². The zero-order valence-electron chi connectivity index (χ0n) is 15.7. The van der Waals surface area contributed by atoms with Gasteiger partial charge in [-0.05, 0) is 49.2 Å². The number of hydrogen-bond acceptors (Lipinski definition) is 5. The van der Waals surface area contributed by atoms with Gasteiger partial charge in [-0.2, -0.15) is 10.6 Å². The monoisotopic (exact) mass is 374 g/mol. The number of hydroxylamine groups is 1. The highest BCUT2D eigenvalue weighted by Crippen LogP contribution is 2.26. The number of benzene rings is 2. The first-order valence-electron chi connectivity index (χ1n) is 9.27. The minimum atomic E-state index is 0.628. The zero-order chi connectivity index (χ0) is 19.2. The van der Waals surface area contributed by atoms with E-state index in [1.807, 2.05) is 61.7 Å². The van der Waals surface area contributed by atoms with Crippen LogP contribution in [0, 0.1) is 6.92 Å². The van der Waals surface area contributed by atoms with Crippen LogP contribution < -0.4 is 15.1 Å². The molecule has 0 bridgehead atoms. The van der Waals surface area contributed by atoms with Gasteiger partial charge in [0.15, 0.2) is 5.75 Å². The van der Waals surface area contributed by atoms with Crippen LogP contribution in [0.2, 0.25) is 0 Å². The van der Waals surface area contributed by atoms with E-state index in [0.717, 1.165) is 39.9 Å². The zero-order valence-corrected chi connectivity index (χ0v) is 15.7. The molecule has 0 aliphatic heterocycles. The SMILES string of the molecule is Cc1[nH]nc2ccc(-c3cncc(ONCCCOc4ccccc4)c3)cc12. The molecule has 0 aliphatic rings. The Morgan fingerprint density at radius 2 is 1.86 bits per heavy atom. The van der Waals surface area contributed by atoms with Gasteiger partial charge in [0.25, 0.3) is 0 Å². The predicted molar refractivity (Wildman–Crippen MR) is 109 cm³/mol. The summed E-state index contributed by atoms with van der Waals surface area (Å²) in [5.74, 6) is 1.55. The molecule has 2 heterocycles. The summed E-state index contributed by atoms with van der Waals surface area (Å²) in [4.78, 5) is 9.92. The van der Waals surface area contributed by atoms with Crippen LogP contribution in [0.5, 0.6) is 11.5 Å². The molecule has 0 spiro atoms. The van der Waals surface area contributed by atoms with Crippen molar-refractivity contribution >= 4 is 10.9 Å². The number of H-pyrrole nitrogens is 1. The molecule has 2 N–H and O–H groups in total. The first kappa shape index (κ1) is 18.0. The number of pyridine rings is 1. The Morgan fingerprint density at radius 3 is 2.75 bits per heavy atom. The van der Waals surface area contributed by atoms with Gasteiger partial charge in [0, 0.05) is 29.4 Å². The van der Waals surface area contributed by atoms with Crippen LogP contribution in [-0.4, -0.2) is 28.3 Å². The number of nitrogens with zero attached hydrogens (tertiary/aromatic N) is 2. The fourth-order valence-electron chi connectivity index (χ4n) is 2.94. The summed E-state index contributed by atoms with van der Waals surface area (Å²) in [6.07, 6.45) is 4.36. The Morgan fingerprint density at radius 1 is 0.964 bits per heavy atom. The summed E-state index contributed by atoms with van der Waals surface area (Å²) in [7, 11) is 0. The summed E-state index contributed by atoms with van der Waals surface area (Å²) >= 11 is 0. The van der Waals surface area contributed by atoms with Crippen molar-refractivity contribution in [3.05, 3.63) is 72.7 Å². The van der Waals surface area contributed by atoms with Gasteiger partial charge < -0.3 is 9.57 Å². The van der Waals surface area contributed by atoms with Crippen LogP contribution in [0.3, 0.4) is 0 Å². The van der Waals surface area contributed by atoms with E-state index in [0.29, 0.717) is 18.9 Å². The molecule has 0 amide bonds. The number of aromatic nitrogens is 3. The first-order chi connectivity index (χ1) is 13.8. The minimum absolute atomic E-state index is 0.628. The number of rotatable bonds is 8. The van der Waals surface area contributed by atoms with E-state index in [9.17, 15) is 0 Å². The molecular weight excluding hydrogens is 352 g/mol. The van der Waals surface area contributed by atoms with Crippen LogP contribution in [0.4, 0.5) is 0 Å². The predicted octanol–water partition coefficient (Wildman–Crippen LogP) is 4.29. The topological polar surface area (TPSA) is 72.1 Å². The largest absolute Gasteiger partial charge is 0.494 e. The molecule has 0 fully saturated rings. The van der Waals surface area contributed by atoms with Crippen molar-refractivity contribution in [2.75, 3.05) is 13.2 Å². The van der Waals surface area contributed by atoms with Crippen LogP contribution in [0.25, 0.3) is 22.0 Å². The maximum Gasteiger partial charge on any atom is 0.166 e. The van der Waals surface area contributed by atoms with Crippen molar-refractivity contribution in [2.45, 2.75) is 13.3 Å². The molecule has 0 unspecified atom stereocenters. The van der Waals surface area contributed by atoms with Gasteiger partial charge in [-0.25, -0.2) is 0 Å². The maximum atomic E-state index is 5.66. The van der Waals surface area contributed by atoms with Crippen molar-refractivity contribution in [3.63, 3.8) is 0 Å². The average Bonchev–Trinajstić information content (AvgIpc) is 3.12. The second kappa shape index (κ2) is 8.54. The number of ether oxygens (including phenoxy) is 1. The van der Waals surface area contributed by atoms with Crippen molar-refractivity contribution in [3.8, 4) is 22.6 Å². The van der Waals surface area contributed by atoms with Crippen molar-refractivity contribution in [1.82, 2.24) is 20.7 Å². The molecule has 6 nitrogen and oxygen atoms in total. The molecule has 2 aromatic carbocycles. The van der Waals surface area contributed by atoms with E-state index in [2.05, 4.69) is 26.7 Å².